The third-order valence-corrected chi connectivity index (χ3v) is 4.50. The van der Waals surface area contributed by atoms with E-state index >= 15 is 0 Å². The number of fused-ring (bicyclic) bond motifs is 1. The molecule has 2 aliphatic heterocycles. The predicted octanol–water partition coefficient (Wildman–Crippen LogP) is 0.967. The van der Waals surface area contributed by atoms with Crippen molar-refractivity contribution >= 4 is 29.5 Å². The van der Waals surface area contributed by atoms with Crippen molar-refractivity contribution in [3.63, 3.8) is 0 Å². The summed E-state index contributed by atoms with van der Waals surface area (Å²) >= 11 is 0. The van der Waals surface area contributed by atoms with Crippen LogP contribution in [0.4, 0.5) is 10.5 Å². The van der Waals surface area contributed by atoms with Crippen molar-refractivity contribution in [2.45, 2.75) is 37.8 Å². The third-order valence-electron chi connectivity index (χ3n) is 4.50. The fourth-order valence-corrected chi connectivity index (χ4v) is 3.34. The molecule has 0 saturated carbocycles. The Balaban J connectivity index is 1.76. The molecule has 8 heteroatoms. The SMILES string of the molecule is O=C(O)CCCC(=O)N1CC[C@H]2NC(=O)N(c3ccccc3)C(=O)[C@@H]21. The minimum absolute atomic E-state index is 0.0715. The molecule has 2 N–H and O–H groups in total. The molecule has 2 saturated heterocycles. The number of carboxylic acids is 1. The summed E-state index contributed by atoms with van der Waals surface area (Å²) in [5.41, 5.74) is 0.452. The molecule has 2 fully saturated rings. The second-order valence-electron chi connectivity index (χ2n) is 6.13. The summed E-state index contributed by atoms with van der Waals surface area (Å²) in [5, 5.41) is 11.5. The first kappa shape index (κ1) is 16.9. The predicted molar refractivity (Wildman–Crippen MR) is 87.9 cm³/mol. The average molecular weight is 345 g/mol. The quantitative estimate of drug-likeness (QED) is 0.827. The monoisotopic (exact) mass is 345 g/mol. The summed E-state index contributed by atoms with van der Waals surface area (Å²) in [6.07, 6.45) is 0.719. The van der Waals surface area contributed by atoms with E-state index in [1.807, 2.05) is 0 Å². The third kappa shape index (κ3) is 3.33. The molecule has 0 spiro atoms. The molecule has 1 aromatic carbocycles. The summed E-state index contributed by atoms with van der Waals surface area (Å²) in [6, 6.07) is 6.93. The molecule has 25 heavy (non-hydrogen) atoms. The van der Waals surface area contributed by atoms with Gasteiger partial charge in [0, 0.05) is 19.4 Å². The van der Waals surface area contributed by atoms with Crippen LogP contribution in [0.5, 0.6) is 0 Å². The van der Waals surface area contributed by atoms with Gasteiger partial charge < -0.3 is 15.3 Å². The molecule has 2 atom stereocenters. The standard InChI is InChI=1S/C17H19N3O5/c21-13(7-4-8-14(22)23)19-10-9-12-15(19)16(24)20(17(25)18-12)11-5-2-1-3-6-11/h1-3,5-6,12,15H,4,7-10H2,(H,18,25)(H,22,23)/t12-,15-/m1/s1. The second kappa shape index (κ2) is 6.92. The lowest BCUT2D eigenvalue weighted by molar-refractivity contribution is -0.139. The van der Waals surface area contributed by atoms with Crippen LogP contribution in [-0.2, 0) is 14.4 Å². The van der Waals surface area contributed by atoms with Gasteiger partial charge in [-0.2, -0.15) is 0 Å². The molecular formula is C17H19N3O5. The minimum atomic E-state index is -0.955. The number of likely N-dealkylation sites (tertiary alicyclic amines) is 1. The van der Waals surface area contributed by atoms with Crippen molar-refractivity contribution in [3.05, 3.63) is 30.3 Å². The van der Waals surface area contributed by atoms with Gasteiger partial charge in [-0.15, -0.1) is 0 Å². The van der Waals surface area contributed by atoms with Crippen molar-refractivity contribution in [2.24, 2.45) is 0 Å². The van der Waals surface area contributed by atoms with Gasteiger partial charge in [-0.1, -0.05) is 18.2 Å². The number of urea groups is 1. The molecule has 0 unspecified atom stereocenters. The Kier molecular flexibility index (Phi) is 4.69. The van der Waals surface area contributed by atoms with Gasteiger partial charge in [0.1, 0.15) is 6.04 Å². The van der Waals surface area contributed by atoms with Crippen LogP contribution in [0.2, 0.25) is 0 Å². The highest BCUT2D eigenvalue weighted by atomic mass is 16.4. The molecule has 2 aliphatic rings. The highest BCUT2D eigenvalue weighted by Gasteiger charge is 2.49. The number of rotatable bonds is 5. The van der Waals surface area contributed by atoms with Crippen molar-refractivity contribution in [1.29, 1.82) is 0 Å². The number of carbonyl (C=O) groups excluding carboxylic acids is 3. The summed E-state index contributed by atoms with van der Waals surface area (Å²) in [5.74, 6) is -1.64. The molecule has 3 rings (SSSR count). The first-order valence-electron chi connectivity index (χ1n) is 8.20. The zero-order valence-corrected chi connectivity index (χ0v) is 13.6. The van der Waals surface area contributed by atoms with E-state index in [0.29, 0.717) is 18.7 Å². The van der Waals surface area contributed by atoms with Crippen molar-refractivity contribution < 1.29 is 24.3 Å². The molecule has 2 heterocycles. The van der Waals surface area contributed by atoms with Crippen LogP contribution >= 0.6 is 0 Å². The lowest BCUT2D eigenvalue weighted by Gasteiger charge is -2.36. The topological polar surface area (TPSA) is 107 Å². The molecule has 4 amide bonds. The first-order chi connectivity index (χ1) is 12.0. The molecule has 1 aromatic rings. The number of anilines is 1. The number of para-hydroxylation sites is 1. The fourth-order valence-electron chi connectivity index (χ4n) is 3.34. The Morgan fingerprint density at radius 2 is 1.88 bits per heavy atom. The van der Waals surface area contributed by atoms with E-state index in [0.717, 1.165) is 4.90 Å². The Hall–Kier alpha value is -2.90. The number of hydrogen-bond donors (Lipinski definition) is 2. The Morgan fingerprint density at radius 3 is 2.56 bits per heavy atom. The van der Waals surface area contributed by atoms with Gasteiger partial charge in [0.15, 0.2) is 0 Å². The molecular weight excluding hydrogens is 326 g/mol. The second-order valence-corrected chi connectivity index (χ2v) is 6.13. The minimum Gasteiger partial charge on any atom is -0.481 e. The van der Waals surface area contributed by atoms with Crippen LogP contribution in [0.15, 0.2) is 30.3 Å². The smallest absolute Gasteiger partial charge is 0.329 e. The largest absolute Gasteiger partial charge is 0.481 e. The molecule has 0 aliphatic carbocycles. The van der Waals surface area contributed by atoms with Crippen LogP contribution in [0.3, 0.4) is 0 Å². The fraction of sp³-hybridized carbons (Fsp3) is 0.412. The summed E-state index contributed by atoms with van der Waals surface area (Å²) in [6.45, 7) is 0.371. The Morgan fingerprint density at radius 1 is 1.16 bits per heavy atom. The summed E-state index contributed by atoms with van der Waals surface area (Å²) in [7, 11) is 0. The number of aliphatic carboxylic acids is 1. The normalized spacial score (nSPS) is 22.6. The van der Waals surface area contributed by atoms with Crippen LogP contribution in [0.25, 0.3) is 0 Å². The first-order valence-corrected chi connectivity index (χ1v) is 8.20. The zero-order valence-electron chi connectivity index (χ0n) is 13.6. The number of nitrogens with zero attached hydrogens (tertiary/aromatic N) is 2. The van der Waals surface area contributed by atoms with Gasteiger partial charge in [0.2, 0.25) is 5.91 Å². The van der Waals surface area contributed by atoms with E-state index in [2.05, 4.69) is 5.32 Å². The van der Waals surface area contributed by atoms with Crippen LogP contribution < -0.4 is 10.2 Å². The number of carbonyl (C=O) groups is 4. The van der Waals surface area contributed by atoms with Crippen LogP contribution in [0.1, 0.15) is 25.7 Å². The number of imide groups is 1. The van der Waals surface area contributed by atoms with Gasteiger partial charge in [-0.3, -0.25) is 14.4 Å². The maximum atomic E-state index is 12.9. The number of benzene rings is 1. The summed E-state index contributed by atoms with van der Waals surface area (Å²) < 4.78 is 0. The average Bonchev–Trinajstić information content (AvgIpc) is 2.99. The number of hydrogen-bond acceptors (Lipinski definition) is 4. The van der Waals surface area contributed by atoms with Crippen molar-refractivity contribution in [3.8, 4) is 0 Å². The zero-order chi connectivity index (χ0) is 18.0. The number of nitrogens with one attached hydrogen (secondary N) is 1. The van der Waals surface area contributed by atoms with E-state index < -0.39 is 30.0 Å². The van der Waals surface area contributed by atoms with Gasteiger partial charge in [-0.05, 0) is 25.0 Å². The summed E-state index contributed by atoms with van der Waals surface area (Å²) in [4.78, 5) is 50.7. The van der Waals surface area contributed by atoms with E-state index in [1.165, 1.54) is 4.90 Å². The highest BCUT2D eigenvalue weighted by molar-refractivity contribution is 6.19. The maximum Gasteiger partial charge on any atom is 0.329 e. The maximum absolute atomic E-state index is 12.9. The van der Waals surface area contributed by atoms with Gasteiger partial charge in [0.25, 0.3) is 5.91 Å². The van der Waals surface area contributed by atoms with E-state index in [4.69, 9.17) is 5.11 Å². The van der Waals surface area contributed by atoms with Gasteiger partial charge >= 0.3 is 12.0 Å². The van der Waals surface area contributed by atoms with Crippen molar-refractivity contribution in [1.82, 2.24) is 10.2 Å². The van der Waals surface area contributed by atoms with Crippen molar-refractivity contribution in [2.75, 3.05) is 11.4 Å². The van der Waals surface area contributed by atoms with Crippen LogP contribution in [0, 0.1) is 0 Å². The molecule has 0 bridgehead atoms. The Labute approximate surface area is 144 Å². The molecule has 8 nitrogen and oxygen atoms in total. The van der Waals surface area contributed by atoms with E-state index in [-0.39, 0.29) is 25.2 Å². The Bertz CT molecular complexity index is 705. The lowest BCUT2D eigenvalue weighted by atomic mass is 10.0. The van der Waals surface area contributed by atoms with E-state index in [1.54, 1.807) is 30.3 Å². The number of carboxylic acid groups (broad SMARTS) is 1. The molecule has 0 radical (unpaired) electrons. The number of amides is 4. The van der Waals surface area contributed by atoms with Crippen LogP contribution in [-0.4, -0.2) is 52.4 Å². The highest BCUT2D eigenvalue weighted by Crippen LogP contribution is 2.28. The van der Waals surface area contributed by atoms with Gasteiger partial charge in [-0.25, -0.2) is 9.69 Å². The van der Waals surface area contributed by atoms with E-state index in [9.17, 15) is 19.2 Å². The lowest BCUT2D eigenvalue weighted by Crippen LogP contribution is -2.65. The van der Waals surface area contributed by atoms with Gasteiger partial charge in [0.05, 0.1) is 11.7 Å². The molecule has 132 valence electrons. The molecule has 0 aromatic heterocycles.